The van der Waals surface area contributed by atoms with Gasteiger partial charge in [0.1, 0.15) is 12.3 Å². The molecule has 2 aromatic heterocycles. The zero-order valence-corrected chi connectivity index (χ0v) is 10.8. The fraction of sp³-hybridized carbons (Fsp3) is 0.143. The normalized spacial score (nSPS) is 16.7. The van der Waals surface area contributed by atoms with Crippen LogP contribution in [0.1, 0.15) is 12.0 Å². The smallest absolute Gasteiger partial charge is 0.271 e. The Balaban J connectivity index is 1.60. The molecule has 104 valence electrons. The molecule has 0 spiro atoms. The summed E-state index contributed by atoms with van der Waals surface area (Å²) in [4.78, 5) is 12.4. The van der Waals surface area contributed by atoms with Crippen molar-refractivity contribution < 1.29 is 14.0 Å². The van der Waals surface area contributed by atoms with E-state index >= 15 is 0 Å². The molecule has 0 unspecified atom stereocenters. The molecule has 1 aromatic carbocycles. The van der Waals surface area contributed by atoms with Crippen molar-refractivity contribution in [1.29, 1.82) is 0 Å². The zero-order chi connectivity index (χ0) is 14.1. The van der Waals surface area contributed by atoms with Crippen LogP contribution >= 0.6 is 0 Å². The van der Waals surface area contributed by atoms with E-state index in [0.717, 1.165) is 0 Å². The molecule has 4 rings (SSSR count). The number of rotatable bonds is 2. The lowest BCUT2D eigenvalue weighted by atomic mass is 10.2. The number of aromatic nitrogens is 4. The van der Waals surface area contributed by atoms with Crippen LogP contribution in [0.2, 0.25) is 0 Å². The van der Waals surface area contributed by atoms with E-state index in [1.807, 2.05) is 24.3 Å². The second kappa shape index (κ2) is 4.86. The third-order valence-corrected chi connectivity index (χ3v) is 3.02. The van der Waals surface area contributed by atoms with Gasteiger partial charge in [-0.1, -0.05) is 17.3 Å². The lowest BCUT2D eigenvalue weighted by Crippen LogP contribution is -2.21. The monoisotopic (exact) mass is 282 g/mol. The summed E-state index contributed by atoms with van der Waals surface area (Å²) in [5.74, 6) is 2.10. The lowest BCUT2D eigenvalue weighted by molar-refractivity contribution is 0.0665. The van der Waals surface area contributed by atoms with Crippen LogP contribution in [0, 0.1) is 0 Å². The Labute approximate surface area is 119 Å². The van der Waals surface area contributed by atoms with Crippen molar-refractivity contribution in [1.82, 2.24) is 20.1 Å². The van der Waals surface area contributed by atoms with Crippen LogP contribution < -0.4 is 9.47 Å². The molecule has 0 amide bonds. The van der Waals surface area contributed by atoms with Gasteiger partial charge in [-0.2, -0.15) is 4.98 Å². The van der Waals surface area contributed by atoms with Crippen molar-refractivity contribution in [2.45, 2.75) is 6.10 Å². The summed E-state index contributed by atoms with van der Waals surface area (Å²) in [5, 5.41) is 3.89. The van der Waals surface area contributed by atoms with Gasteiger partial charge >= 0.3 is 0 Å². The van der Waals surface area contributed by atoms with Crippen molar-refractivity contribution in [2.24, 2.45) is 0 Å². The molecule has 7 nitrogen and oxygen atoms in total. The average Bonchev–Trinajstić information content (AvgIpc) is 3.05. The zero-order valence-electron chi connectivity index (χ0n) is 10.8. The van der Waals surface area contributed by atoms with E-state index < -0.39 is 6.10 Å². The second-order valence-corrected chi connectivity index (χ2v) is 4.41. The van der Waals surface area contributed by atoms with E-state index in [9.17, 15) is 0 Å². The van der Waals surface area contributed by atoms with Gasteiger partial charge in [0, 0.05) is 12.4 Å². The summed E-state index contributed by atoms with van der Waals surface area (Å²) < 4.78 is 16.7. The predicted molar refractivity (Wildman–Crippen MR) is 70.6 cm³/mol. The summed E-state index contributed by atoms with van der Waals surface area (Å²) >= 11 is 0. The topological polar surface area (TPSA) is 83.2 Å². The van der Waals surface area contributed by atoms with Gasteiger partial charge in [0.25, 0.3) is 5.89 Å². The van der Waals surface area contributed by atoms with Crippen molar-refractivity contribution in [3.05, 3.63) is 48.7 Å². The van der Waals surface area contributed by atoms with Crippen LogP contribution in [0.5, 0.6) is 11.5 Å². The molecule has 0 fully saturated rings. The Morgan fingerprint density at radius 1 is 1.10 bits per heavy atom. The van der Waals surface area contributed by atoms with Gasteiger partial charge in [-0.3, -0.25) is 4.98 Å². The number of ether oxygens (including phenoxy) is 2. The van der Waals surface area contributed by atoms with Gasteiger partial charge in [-0.15, -0.1) is 0 Å². The average molecular weight is 282 g/mol. The largest absolute Gasteiger partial charge is 0.485 e. The standard InChI is InChI=1S/C14H10N4O3/c1-2-4-11-10(3-1)19-8-12(20-11)14-17-13(18-21-14)9-7-15-5-6-16-9/h1-7,12H,8H2/t12-/m1/s1. The van der Waals surface area contributed by atoms with E-state index in [1.54, 1.807) is 18.6 Å². The maximum absolute atomic E-state index is 5.81. The van der Waals surface area contributed by atoms with Crippen molar-refractivity contribution in [3.8, 4) is 23.0 Å². The molecule has 21 heavy (non-hydrogen) atoms. The first-order chi connectivity index (χ1) is 10.4. The molecular formula is C14H10N4O3. The number of hydrogen-bond donors (Lipinski definition) is 0. The van der Waals surface area contributed by atoms with Crippen LogP contribution in [0.4, 0.5) is 0 Å². The Hall–Kier alpha value is -2.96. The molecule has 3 aromatic rings. The number of nitrogens with zero attached hydrogens (tertiary/aromatic N) is 4. The third kappa shape index (κ3) is 2.18. The van der Waals surface area contributed by atoms with E-state index in [2.05, 4.69) is 20.1 Å². The number of hydrogen-bond acceptors (Lipinski definition) is 7. The molecule has 0 saturated heterocycles. The molecule has 7 heteroatoms. The fourth-order valence-corrected chi connectivity index (χ4v) is 2.03. The van der Waals surface area contributed by atoms with Crippen molar-refractivity contribution in [3.63, 3.8) is 0 Å². The minimum atomic E-state index is -0.433. The summed E-state index contributed by atoms with van der Waals surface area (Å²) in [6.45, 7) is 0.319. The highest BCUT2D eigenvalue weighted by molar-refractivity contribution is 5.45. The van der Waals surface area contributed by atoms with E-state index in [0.29, 0.717) is 35.5 Å². The van der Waals surface area contributed by atoms with Crippen molar-refractivity contribution in [2.75, 3.05) is 6.61 Å². The van der Waals surface area contributed by atoms with Crippen LogP contribution in [-0.4, -0.2) is 26.7 Å². The van der Waals surface area contributed by atoms with Gasteiger partial charge in [-0.25, -0.2) is 4.98 Å². The molecule has 1 aliphatic heterocycles. The summed E-state index contributed by atoms with van der Waals surface area (Å²) in [6.07, 6.45) is 4.29. The molecule has 3 heterocycles. The quantitative estimate of drug-likeness (QED) is 0.711. The van der Waals surface area contributed by atoms with Crippen LogP contribution in [0.15, 0.2) is 47.4 Å². The van der Waals surface area contributed by atoms with Crippen LogP contribution in [-0.2, 0) is 0 Å². The minimum absolute atomic E-state index is 0.319. The molecule has 0 bridgehead atoms. The van der Waals surface area contributed by atoms with Gasteiger partial charge in [-0.05, 0) is 12.1 Å². The van der Waals surface area contributed by atoms with Gasteiger partial charge < -0.3 is 14.0 Å². The first-order valence-corrected chi connectivity index (χ1v) is 6.38. The molecule has 0 aliphatic carbocycles. The molecular weight excluding hydrogens is 272 g/mol. The number of fused-ring (bicyclic) bond motifs is 1. The van der Waals surface area contributed by atoms with E-state index in [4.69, 9.17) is 14.0 Å². The maximum Gasteiger partial charge on any atom is 0.271 e. The van der Waals surface area contributed by atoms with Crippen LogP contribution in [0.25, 0.3) is 11.5 Å². The van der Waals surface area contributed by atoms with Crippen molar-refractivity contribution >= 4 is 0 Å². The number of para-hydroxylation sites is 2. The highest BCUT2D eigenvalue weighted by atomic mass is 16.6. The summed E-state index contributed by atoms with van der Waals surface area (Å²) in [6, 6.07) is 7.45. The van der Waals surface area contributed by atoms with Crippen LogP contribution in [0.3, 0.4) is 0 Å². The second-order valence-electron chi connectivity index (χ2n) is 4.41. The first kappa shape index (κ1) is 11.8. The summed E-state index contributed by atoms with van der Waals surface area (Å²) in [5.41, 5.74) is 0.546. The third-order valence-electron chi connectivity index (χ3n) is 3.02. The predicted octanol–water partition coefficient (Wildman–Crippen LogP) is 2.04. The SMILES string of the molecule is c1ccc2c(c1)OC[C@H](c1nc(-c3cnccn3)no1)O2. The van der Waals surface area contributed by atoms with E-state index in [1.165, 1.54) is 0 Å². The Morgan fingerprint density at radius 3 is 2.86 bits per heavy atom. The van der Waals surface area contributed by atoms with E-state index in [-0.39, 0.29) is 0 Å². The highest BCUT2D eigenvalue weighted by Gasteiger charge is 2.27. The Bertz CT molecular complexity index is 760. The first-order valence-electron chi connectivity index (χ1n) is 6.38. The number of benzene rings is 1. The molecule has 0 saturated carbocycles. The lowest BCUT2D eigenvalue weighted by Gasteiger charge is -2.23. The highest BCUT2D eigenvalue weighted by Crippen LogP contribution is 2.35. The Kier molecular flexibility index (Phi) is 2.74. The van der Waals surface area contributed by atoms with Gasteiger partial charge in [0.2, 0.25) is 11.9 Å². The van der Waals surface area contributed by atoms with Gasteiger partial charge in [0.05, 0.1) is 6.20 Å². The summed E-state index contributed by atoms with van der Waals surface area (Å²) in [7, 11) is 0. The molecule has 0 N–H and O–H groups in total. The molecule has 1 atom stereocenters. The molecule has 0 radical (unpaired) electrons. The Morgan fingerprint density at radius 2 is 2.00 bits per heavy atom. The molecule has 1 aliphatic rings. The minimum Gasteiger partial charge on any atom is -0.485 e. The fourth-order valence-electron chi connectivity index (χ4n) is 2.03. The maximum atomic E-state index is 5.81. The van der Waals surface area contributed by atoms with Gasteiger partial charge in [0.15, 0.2) is 11.5 Å².